The van der Waals surface area contributed by atoms with Gasteiger partial charge in [0.25, 0.3) is 5.91 Å². The van der Waals surface area contributed by atoms with Crippen LogP contribution >= 0.6 is 0 Å². The molecule has 0 saturated heterocycles. The van der Waals surface area contributed by atoms with Gasteiger partial charge in [-0.3, -0.25) is 14.4 Å². The number of carbonyl (C=O) groups is 3. The number of fused-ring (bicyclic) bond motifs is 3. The number of nitrogens with two attached hydrogens (primary N) is 2. The van der Waals surface area contributed by atoms with Crippen molar-refractivity contribution in [1.82, 2.24) is 4.98 Å². The van der Waals surface area contributed by atoms with Crippen LogP contribution in [0.25, 0.3) is 32.9 Å². The van der Waals surface area contributed by atoms with Crippen molar-refractivity contribution < 1.29 is 18.8 Å². The number of aromatic nitrogens is 1. The number of benzene rings is 4. The smallest absolute Gasteiger partial charge is 0.255 e. The molecular weight excluding hydrogens is 509 g/mol. The minimum absolute atomic E-state index is 0.0463. The number of H-pyrrole nitrogens is 1. The van der Waals surface area contributed by atoms with E-state index in [9.17, 15) is 18.8 Å². The van der Waals surface area contributed by atoms with E-state index < -0.39 is 17.8 Å². The first-order valence-electron chi connectivity index (χ1n) is 12.7. The normalized spacial score (nSPS) is 11.9. The molecule has 1 heterocycles. The van der Waals surface area contributed by atoms with Crippen molar-refractivity contribution in [2.45, 2.75) is 26.3 Å². The van der Waals surface area contributed by atoms with E-state index in [1.165, 1.54) is 24.3 Å². The van der Waals surface area contributed by atoms with Crippen molar-refractivity contribution in [3.8, 4) is 11.1 Å². The summed E-state index contributed by atoms with van der Waals surface area (Å²) >= 11 is 0. The summed E-state index contributed by atoms with van der Waals surface area (Å²) in [5, 5.41) is 7.49. The second-order valence-corrected chi connectivity index (χ2v) is 9.77. The molecule has 5 rings (SSSR count). The van der Waals surface area contributed by atoms with Gasteiger partial charge in [-0.2, -0.15) is 0 Å². The molecule has 0 radical (unpaired) electrons. The number of nitrogens with one attached hydrogen (secondary N) is 3. The molecule has 0 spiro atoms. The molecule has 3 amide bonds. The zero-order valence-electron chi connectivity index (χ0n) is 22.0. The lowest BCUT2D eigenvalue weighted by atomic mass is 9.92. The van der Waals surface area contributed by atoms with E-state index >= 15 is 0 Å². The maximum atomic E-state index is 13.3. The summed E-state index contributed by atoms with van der Waals surface area (Å²) in [5.41, 5.74) is 17.6. The third-order valence-corrected chi connectivity index (χ3v) is 6.86. The fourth-order valence-electron chi connectivity index (χ4n) is 4.82. The molecule has 0 aliphatic heterocycles. The van der Waals surface area contributed by atoms with E-state index in [-0.39, 0.29) is 18.2 Å². The fraction of sp³-hybridized carbons (Fsp3) is 0.129. The van der Waals surface area contributed by atoms with Gasteiger partial charge in [-0.15, -0.1) is 0 Å². The van der Waals surface area contributed by atoms with Gasteiger partial charge in [-0.25, -0.2) is 4.39 Å². The number of rotatable bonds is 7. The molecule has 0 unspecified atom stereocenters. The van der Waals surface area contributed by atoms with E-state index in [0.29, 0.717) is 16.9 Å². The number of primary amides is 1. The van der Waals surface area contributed by atoms with Crippen molar-refractivity contribution in [2.75, 3.05) is 10.6 Å². The molecule has 4 aromatic carbocycles. The molecule has 8 nitrogen and oxygen atoms in total. The van der Waals surface area contributed by atoms with Gasteiger partial charge in [0.05, 0.1) is 18.0 Å². The lowest BCUT2D eigenvalue weighted by Gasteiger charge is -2.15. The van der Waals surface area contributed by atoms with Gasteiger partial charge in [0.1, 0.15) is 5.82 Å². The molecule has 7 N–H and O–H groups in total. The summed E-state index contributed by atoms with van der Waals surface area (Å²) in [6, 6.07) is 19.6. The van der Waals surface area contributed by atoms with Crippen molar-refractivity contribution >= 4 is 50.9 Å². The van der Waals surface area contributed by atoms with Crippen LogP contribution in [-0.4, -0.2) is 28.7 Å². The number of hydrogen-bond donors (Lipinski definition) is 5. The second kappa shape index (κ2) is 10.6. The van der Waals surface area contributed by atoms with E-state index in [0.717, 1.165) is 44.1 Å². The summed E-state index contributed by atoms with van der Waals surface area (Å²) in [4.78, 5) is 40.2. The third-order valence-electron chi connectivity index (χ3n) is 6.86. The van der Waals surface area contributed by atoms with Crippen molar-refractivity contribution in [3.05, 3.63) is 95.3 Å². The Balaban J connectivity index is 1.62. The summed E-state index contributed by atoms with van der Waals surface area (Å²) in [5.74, 6) is -1.53. The average molecular weight is 538 g/mol. The number of halogens is 1. The van der Waals surface area contributed by atoms with E-state index in [1.54, 1.807) is 13.0 Å². The first-order valence-corrected chi connectivity index (χ1v) is 12.7. The van der Waals surface area contributed by atoms with Crippen molar-refractivity contribution in [2.24, 2.45) is 11.5 Å². The highest BCUT2D eigenvalue weighted by Crippen LogP contribution is 2.40. The molecule has 0 bridgehead atoms. The summed E-state index contributed by atoms with van der Waals surface area (Å²) in [6.07, 6.45) is 0.0463. The molecule has 9 heteroatoms. The third kappa shape index (κ3) is 5.14. The van der Waals surface area contributed by atoms with Crippen molar-refractivity contribution in [1.29, 1.82) is 0 Å². The summed E-state index contributed by atoms with van der Waals surface area (Å²) < 4.78 is 13.3. The minimum atomic E-state index is -0.661. The van der Waals surface area contributed by atoms with Crippen LogP contribution in [-0.2, 0) is 16.0 Å². The lowest BCUT2D eigenvalue weighted by molar-refractivity contribution is -0.118. The SMILES string of the molecule is Cc1c(NC(=O)c2ccc(F)cc2)cccc1-c1ccc(CC(N)=O)c2[nH]c3cc(NC(=O)[C@H](C)N)ccc3c12. The van der Waals surface area contributed by atoms with Gasteiger partial charge in [-0.05, 0) is 78.6 Å². The van der Waals surface area contributed by atoms with Gasteiger partial charge in [-0.1, -0.05) is 30.3 Å². The standard InChI is InChI=1S/C31H28FN5O3/c1-16-22(4-3-5-25(16)37-31(40)18-6-9-20(32)10-7-18)23-12-8-19(14-27(34)38)29-28(23)24-13-11-21(15-26(24)36-29)35-30(39)17(2)33/h3-13,15,17,36H,14,33H2,1-2H3,(H2,34,38)(H,35,39)(H,37,40)/t17-/m0/s1. The van der Waals surface area contributed by atoms with E-state index in [4.69, 9.17) is 11.5 Å². The molecule has 0 saturated carbocycles. The van der Waals surface area contributed by atoms with Crippen LogP contribution in [0.1, 0.15) is 28.4 Å². The number of anilines is 2. The quantitative estimate of drug-likeness (QED) is 0.199. The van der Waals surface area contributed by atoms with Gasteiger partial charge >= 0.3 is 0 Å². The Morgan fingerprint density at radius 3 is 2.40 bits per heavy atom. The molecule has 0 aliphatic carbocycles. The van der Waals surface area contributed by atoms with Crippen molar-refractivity contribution in [3.63, 3.8) is 0 Å². The molecule has 202 valence electrons. The summed E-state index contributed by atoms with van der Waals surface area (Å²) in [6.45, 7) is 3.52. The first-order chi connectivity index (χ1) is 19.1. The van der Waals surface area contributed by atoms with Crippen LogP contribution in [0.15, 0.2) is 72.8 Å². The van der Waals surface area contributed by atoms with Gasteiger partial charge in [0.15, 0.2) is 0 Å². The second-order valence-electron chi connectivity index (χ2n) is 9.77. The van der Waals surface area contributed by atoms with Gasteiger partial charge in [0.2, 0.25) is 11.8 Å². The van der Waals surface area contributed by atoms with Crippen LogP contribution in [0, 0.1) is 12.7 Å². The maximum Gasteiger partial charge on any atom is 0.255 e. The topological polar surface area (TPSA) is 143 Å². The maximum absolute atomic E-state index is 13.3. The van der Waals surface area contributed by atoms with Crippen LogP contribution in [0.4, 0.5) is 15.8 Å². The van der Waals surface area contributed by atoms with Crippen LogP contribution in [0.2, 0.25) is 0 Å². The number of aromatic amines is 1. The zero-order valence-corrected chi connectivity index (χ0v) is 22.0. The minimum Gasteiger partial charge on any atom is -0.369 e. The molecule has 1 atom stereocenters. The molecule has 5 aromatic rings. The number of carbonyl (C=O) groups excluding carboxylic acids is 3. The Morgan fingerprint density at radius 1 is 0.950 bits per heavy atom. The van der Waals surface area contributed by atoms with E-state index in [1.807, 2.05) is 49.4 Å². The average Bonchev–Trinajstić information content (AvgIpc) is 3.30. The fourth-order valence-corrected chi connectivity index (χ4v) is 4.82. The van der Waals surface area contributed by atoms with Crippen LogP contribution in [0.5, 0.6) is 0 Å². The predicted octanol–water partition coefficient (Wildman–Crippen LogP) is 5.00. The summed E-state index contributed by atoms with van der Waals surface area (Å²) in [7, 11) is 0. The highest BCUT2D eigenvalue weighted by molar-refractivity contribution is 6.17. The van der Waals surface area contributed by atoms with Gasteiger partial charge in [0, 0.05) is 33.2 Å². The largest absolute Gasteiger partial charge is 0.369 e. The van der Waals surface area contributed by atoms with Crippen LogP contribution in [0.3, 0.4) is 0 Å². The lowest BCUT2D eigenvalue weighted by Crippen LogP contribution is -2.32. The molecule has 1 aromatic heterocycles. The molecule has 40 heavy (non-hydrogen) atoms. The highest BCUT2D eigenvalue weighted by Gasteiger charge is 2.19. The number of amides is 3. The van der Waals surface area contributed by atoms with E-state index in [2.05, 4.69) is 15.6 Å². The van der Waals surface area contributed by atoms with Crippen LogP contribution < -0.4 is 22.1 Å². The zero-order chi connectivity index (χ0) is 28.6. The molecule has 0 aliphatic rings. The Labute approximate surface area is 229 Å². The molecular formula is C31H28FN5O3. The predicted molar refractivity (Wildman–Crippen MR) is 156 cm³/mol. The Bertz CT molecular complexity index is 1790. The Morgan fingerprint density at radius 2 is 1.70 bits per heavy atom. The van der Waals surface area contributed by atoms with Gasteiger partial charge < -0.3 is 27.1 Å². The molecule has 0 fully saturated rings. The monoisotopic (exact) mass is 537 g/mol. The first kappa shape index (κ1) is 26.6. The number of hydrogen-bond acceptors (Lipinski definition) is 4. The Kier molecular flexibility index (Phi) is 7.06. The highest BCUT2D eigenvalue weighted by atomic mass is 19.1. The Hall–Kier alpha value is -5.02.